The Kier molecular flexibility index (Phi) is 2.95. The second kappa shape index (κ2) is 4.19. The van der Waals surface area contributed by atoms with E-state index in [-0.39, 0.29) is 47.3 Å². The molecule has 0 bridgehead atoms. The number of esters is 1. The number of fused-ring (bicyclic) bond motifs is 3. The maximum atomic E-state index is 11.9. The molecule has 0 amide bonds. The number of hydrogen-bond donors (Lipinski definition) is 2. The van der Waals surface area contributed by atoms with Gasteiger partial charge >= 0.3 is 5.97 Å². The summed E-state index contributed by atoms with van der Waals surface area (Å²) in [6, 6.07) is 0. The van der Waals surface area contributed by atoms with Crippen LogP contribution in [0.2, 0.25) is 0 Å². The summed E-state index contributed by atoms with van der Waals surface area (Å²) in [6.45, 7) is 6.08. The van der Waals surface area contributed by atoms with Crippen LogP contribution in [0.3, 0.4) is 0 Å². The Bertz CT molecular complexity index is 396. The Morgan fingerprint density at radius 2 is 1.95 bits per heavy atom. The van der Waals surface area contributed by atoms with E-state index in [1.54, 1.807) is 0 Å². The highest BCUT2D eigenvalue weighted by molar-refractivity contribution is 5.75. The van der Waals surface area contributed by atoms with Crippen LogP contribution in [-0.4, -0.2) is 34.5 Å². The minimum Gasteiger partial charge on any atom is -0.461 e. The lowest BCUT2D eigenvalue weighted by Crippen LogP contribution is -2.57. The predicted molar refractivity (Wildman–Crippen MR) is 69.2 cm³/mol. The zero-order valence-corrected chi connectivity index (χ0v) is 11.9. The third-order valence-electron chi connectivity index (χ3n) is 6.04. The molecule has 3 fully saturated rings. The Balaban J connectivity index is 1.98. The van der Waals surface area contributed by atoms with E-state index in [1.807, 2.05) is 6.92 Å². The van der Waals surface area contributed by atoms with Gasteiger partial charge in [0.2, 0.25) is 0 Å². The summed E-state index contributed by atoms with van der Waals surface area (Å²) in [7, 11) is 0. The molecule has 108 valence electrons. The molecule has 2 aliphatic carbocycles. The summed E-state index contributed by atoms with van der Waals surface area (Å²) in [4.78, 5) is 11.9. The Morgan fingerprint density at radius 3 is 2.63 bits per heavy atom. The molecule has 4 heteroatoms. The SMILES string of the molecule is C[C@H]1[C@@H]2[C@@H]3OC(=O)[C@@H](C)[C@@H]3[C@H](O)C[C@@]2(C)CC[C@@H]1O. The summed E-state index contributed by atoms with van der Waals surface area (Å²) >= 11 is 0. The second-order valence-corrected chi connectivity index (χ2v) is 7.18. The van der Waals surface area contributed by atoms with E-state index < -0.39 is 6.10 Å². The van der Waals surface area contributed by atoms with Crippen LogP contribution in [0, 0.1) is 29.1 Å². The molecule has 0 radical (unpaired) electrons. The summed E-state index contributed by atoms with van der Waals surface area (Å²) < 4.78 is 5.59. The third kappa shape index (κ3) is 1.76. The number of ether oxygens (including phenoxy) is 1. The van der Waals surface area contributed by atoms with Gasteiger partial charge in [-0.1, -0.05) is 20.8 Å². The average Bonchev–Trinajstić information content (AvgIpc) is 2.61. The molecule has 0 aromatic heterocycles. The maximum Gasteiger partial charge on any atom is 0.309 e. The summed E-state index contributed by atoms with van der Waals surface area (Å²) in [6.07, 6.45) is 1.40. The van der Waals surface area contributed by atoms with Gasteiger partial charge in [-0.3, -0.25) is 4.79 Å². The highest BCUT2D eigenvalue weighted by atomic mass is 16.6. The van der Waals surface area contributed by atoms with Crippen molar-refractivity contribution < 1.29 is 19.7 Å². The van der Waals surface area contributed by atoms with Crippen LogP contribution in [0.4, 0.5) is 0 Å². The number of rotatable bonds is 0. The van der Waals surface area contributed by atoms with Gasteiger partial charge < -0.3 is 14.9 Å². The molecule has 3 rings (SSSR count). The van der Waals surface area contributed by atoms with Gasteiger partial charge in [0.15, 0.2) is 0 Å². The lowest BCUT2D eigenvalue weighted by Gasteiger charge is -2.55. The van der Waals surface area contributed by atoms with Crippen LogP contribution in [0.15, 0.2) is 0 Å². The van der Waals surface area contributed by atoms with E-state index >= 15 is 0 Å². The Hall–Kier alpha value is -0.610. The zero-order valence-electron chi connectivity index (χ0n) is 11.9. The fraction of sp³-hybridized carbons (Fsp3) is 0.933. The van der Waals surface area contributed by atoms with Gasteiger partial charge in [0.1, 0.15) is 6.10 Å². The third-order valence-corrected chi connectivity index (χ3v) is 6.04. The highest BCUT2D eigenvalue weighted by Crippen LogP contribution is 2.57. The van der Waals surface area contributed by atoms with Crippen molar-refractivity contribution in [2.24, 2.45) is 29.1 Å². The molecule has 4 nitrogen and oxygen atoms in total. The molecule has 8 atom stereocenters. The van der Waals surface area contributed by atoms with Crippen molar-refractivity contribution in [2.75, 3.05) is 0 Å². The van der Waals surface area contributed by atoms with Crippen molar-refractivity contribution >= 4 is 5.97 Å². The molecular formula is C15H24O4. The van der Waals surface area contributed by atoms with Crippen LogP contribution in [0.1, 0.15) is 40.0 Å². The van der Waals surface area contributed by atoms with Gasteiger partial charge in [-0.15, -0.1) is 0 Å². The smallest absolute Gasteiger partial charge is 0.309 e. The van der Waals surface area contributed by atoms with E-state index in [1.165, 1.54) is 0 Å². The summed E-state index contributed by atoms with van der Waals surface area (Å²) in [5.74, 6) is -0.227. The average molecular weight is 268 g/mol. The normalized spacial score (nSPS) is 57.3. The first kappa shape index (κ1) is 13.4. The van der Waals surface area contributed by atoms with Crippen molar-refractivity contribution in [2.45, 2.75) is 58.3 Å². The summed E-state index contributed by atoms with van der Waals surface area (Å²) in [5.41, 5.74) is -0.0242. The standard InChI is InChI=1S/C15H24O4/c1-7-9(16)4-5-15(3)6-10(17)11-8(2)14(18)19-13(11)12(7)15/h7-13,16-17H,4-6H2,1-3H3/t7-,8+,9+,10-,11-,12-,13-,15-/m1/s1. The van der Waals surface area contributed by atoms with Crippen molar-refractivity contribution in [3.8, 4) is 0 Å². The minimum atomic E-state index is -0.463. The molecule has 1 saturated heterocycles. The van der Waals surface area contributed by atoms with Crippen molar-refractivity contribution in [3.63, 3.8) is 0 Å². The van der Waals surface area contributed by atoms with Crippen LogP contribution >= 0.6 is 0 Å². The number of aliphatic hydroxyl groups is 2. The number of carbonyl (C=O) groups excluding carboxylic acids is 1. The van der Waals surface area contributed by atoms with Crippen LogP contribution in [0.5, 0.6) is 0 Å². The second-order valence-electron chi connectivity index (χ2n) is 7.18. The lowest BCUT2D eigenvalue weighted by molar-refractivity contribution is -0.172. The van der Waals surface area contributed by atoms with E-state index in [2.05, 4.69) is 13.8 Å². The van der Waals surface area contributed by atoms with Gasteiger partial charge in [0.05, 0.1) is 18.1 Å². The molecule has 0 aromatic rings. The predicted octanol–water partition coefficient (Wildman–Crippen LogP) is 1.34. The number of carbonyl (C=O) groups is 1. The molecule has 3 aliphatic rings. The first-order valence-electron chi connectivity index (χ1n) is 7.42. The quantitative estimate of drug-likeness (QED) is 0.651. The van der Waals surface area contributed by atoms with Gasteiger partial charge in [-0.25, -0.2) is 0 Å². The topological polar surface area (TPSA) is 66.8 Å². The van der Waals surface area contributed by atoms with Gasteiger partial charge in [-0.2, -0.15) is 0 Å². The first-order chi connectivity index (χ1) is 8.85. The molecule has 0 spiro atoms. The van der Waals surface area contributed by atoms with Crippen LogP contribution in [0.25, 0.3) is 0 Å². The van der Waals surface area contributed by atoms with Crippen LogP contribution in [-0.2, 0) is 9.53 Å². The Labute approximate surface area is 114 Å². The molecule has 1 heterocycles. The zero-order chi connectivity index (χ0) is 13.9. The van der Waals surface area contributed by atoms with E-state index in [4.69, 9.17) is 4.74 Å². The molecule has 0 aromatic carbocycles. The van der Waals surface area contributed by atoms with Gasteiger partial charge in [0.25, 0.3) is 0 Å². The highest BCUT2D eigenvalue weighted by Gasteiger charge is 2.61. The molecule has 2 saturated carbocycles. The minimum absolute atomic E-state index is 0.0242. The van der Waals surface area contributed by atoms with Gasteiger partial charge in [0, 0.05) is 11.8 Å². The van der Waals surface area contributed by atoms with Crippen LogP contribution < -0.4 is 0 Å². The van der Waals surface area contributed by atoms with E-state index in [0.29, 0.717) is 0 Å². The van der Waals surface area contributed by atoms with E-state index in [9.17, 15) is 15.0 Å². The van der Waals surface area contributed by atoms with Crippen molar-refractivity contribution in [1.82, 2.24) is 0 Å². The number of hydrogen-bond acceptors (Lipinski definition) is 4. The fourth-order valence-corrected chi connectivity index (χ4v) is 4.96. The maximum absolute atomic E-state index is 11.9. The monoisotopic (exact) mass is 268 g/mol. The molecule has 0 unspecified atom stereocenters. The molecule has 1 aliphatic heterocycles. The van der Waals surface area contributed by atoms with E-state index in [0.717, 1.165) is 19.3 Å². The first-order valence-corrected chi connectivity index (χ1v) is 7.42. The molecule has 2 N–H and O–H groups in total. The molecular weight excluding hydrogens is 244 g/mol. The number of aliphatic hydroxyl groups excluding tert-OH is 2. The summed E-state index contributed by atoms with van der Waals surface area (Å²) in [5, 5.41) is 20.6. The fourth-order valence-electron chi connectivity index (χ4n) is 4.96. The van der Waals surface area contributed by atoms with Gasteiger partial charge in [-0.05, 0) is 30.6 Å². The lowest BCUT2D eigenvalue weighted by atomic mass is 9.52. The van der Waals surface area contributed by atoms with Crippen molar-refractivity contribution in [3.05, 3.63) is 0 Å². The Morgan fingerprint density at radius 1 is 1.26 bits per heavy atom. The molecule has 19 heavy (non-hydrogen) atoms. The van der Waals surface area contributed by atoms with Crippen molar-refractivity contribution in [1.29, 1.82) is 0 Å². The largest absolute Gasteiger partial charge is 0.461 e.